The fraction of sp³-hybridized carbons (Fsp3) is 0.385. The molecular weight excluding hydrogens is 356 g/mol. The van der Waals surface area contributed by atoms with Crippen LogP contribution in [0.3, 0.4) is 0 Å². The lowest BCUT2D eigenvalue weighted by Crippen LogP contribution is -2.10. The second-order valence-corrected chi connectivity index (χ2v) is 6.02. The number of halogens is 2. The zero-order chi connectivity index (χ0) is 14.8. The Labute approximate surface area is 135 Å². The molecule has 0 unspecified atom stereocenters. The minimum absolute atomic E-state index is 0.536. The van der Waals surface area contributed by atoms with E-state index in [2.05, 4.69) is 40.7 Å². The van der Waals surface area contributed by atoms with E-state index in [0.29, 0.717) is 12.3 Å². The largest absolute Gasteiger partial charge is 0.321 e. The molecule has 3 aromatic heterocycles. The van der Waals surface area contributed by atoms with E-state index < -0.39 is 0 Å². The minimum atomic E-state index is 0.536. The summed E-state index contributed by atoms with van der Waals surface area (Å²) >= 11 is 9.31. The molecule has 0 N–H and O–H groups in total. The smallest absolute Gasteiger partial charge is 0.160 e. The highest BCUT2D eigenvalue weighted by Crippen LogP contribution is 2.19. The third-order valence-corrected chi connectivity index (χ3v) is 3.94. The summed E-state index contributed by atoms with van der Waals surface area (Å²) < 4.78 is 4.95. The van der Waals surface area contributed by atoms with Gasteiger partial charge in [-0.1, -0.05) is 0 Å². The topological polar surface area (TPSA) is 61.4 Å². The predicted molar refractivity (Wildman–Crippen MR) is 84.4 cm³/mol. The summed E-state index contributed by atoms with van der Waals surface area (Å²) in [6, 6.07) is 1.97. The Balaban J connectivity index is 1.95. The SMILES string of the molecule is Cn1cnnc1CCn1c(CCCl)nc2cc(Br)cnc21. The molecule has 0 aromatic carbocycles. The van der Waals surface area contributed by atoms with Crippen LogP contribution < -0.4 is 0 Å². The zero-order valence-electron chi connectivity index (χ0n) is 11.5. The molecule has 0 fully saturated rings. The zero-order valence-corrected chi connectivity index (χ0v) is 13.8. The number of hydrogen-bond donors (Lipinski definition) is 0. The van der Waals surface area contributed by atoms with Gasteiger partial charge in [-0.2, -0.15) is 0 Å². The van der Waals surface area contributed by atoms with Crippen molar-refractivity contribution in [3.05, 3.63) is 34.7 Å². The highest BCUT2D eigenvalue weighted by atomic mass is 79.9. The fourth-order valence-corrected chi connectivity index (χ4v) is 2.78. The number of aromatic nitrogens is 6. The van der Waals surface area contributed by atoms with E-state index in [9.17, 15) is 0 Å². The molecule has 0 atom stereocenters. The minimum Gasteiger partial charge on any atom is -0.321 e. The van der Waals surface area contributed by atoms with Crippen LogP contribution in [0.4, 0.5) is 0 Å². The van der Waals surface area contributed by atoms with E-state index in [1.807, 2.05) is 17.7 Å². The van der Waals surface area contributed by atoms with Crippen molar-refractivity contribution in [2.45, 2.75) is 19.4 Å². The quantitative estimate of drug-likeness (QED) is 0.648. The van der Waals surface area contributed by atoms with Crippen LogP contribution >= 0.6 is 27.5 Å². The number of pyridine rings is 1. The third kappa shape index (κ3) is 2.94. The predicted octanol–water partition coefficient (Wildman–Crippen LogP) is 2.35. The van der Waals surface area contributed by atoms with Gasteiger partial charge in [-0.05, 0) is 22.0 Å². The third-order valence-electron chi connectivity index (χ3n) is 3.31. The Morgan fingerprint density at radius 2 is 2.14 bits per heavy atom. The first-order valence-electron chi connectivity index (χ1n) is 6.58. The summed E-state index contributed by atoms with van der Waals surface area (Å²) in [5, 5.41) is 8.01. The molecule has 3 rings (SSSR count). The van der Waals surface area contributed by atoms with Crippen LogP contribution in [0, 0.1) is 0 Å². The van der Waals surface area contributed by atoms with Gasteiger partial charge in [0, 0.05) is 43.0 Å². The van der Waals surface area contributed by atoms with Crippen molar-refractivity contribution >= 4 is 38.7 Å². The number of hydrogen-bond acceptors (Lipinski definition) is 4. The maximum atomic E-state index is 5.88. The summed E-state index contributed by atoms with van der Waals surface area (Å²) in [6.07, 6.45) is 4.98. The molecule has 3 aromatic rings. The van der Waals surface area contributed by atoms with Crippen LogP contribution in [0.1, 0.15) is 11.6 Å². The summed E-state index contributed by atoms with van der Waals surface area (Å²) in [6.45, 7) is 0.754. The molecule has 0 amide bonds. The van der Waals surface area contributed by atoms with Gasteiger partial charge in [-0.25, -0.2) is 9.97 Å². The van der Waals surface area contributed by atoms with Gasteiger partial charge in [0.1, 0.15) is 23.5 Å². The number of nitrogens with zero attached hydrogens (tertiary/aromatic N) is 6. The highest BCUT2D eigenvalue weighted by Gasteiger charge is 2.13. The van der Waals surface area contributed by atoms with Gasteiger partial charge in [-0.15, -0.1) is 21.8 Å². The van der Waals surface area contributed by atoms with Crippen molar-refractivity contribution in [2.24, 2.45) is 7.05 Å². The van der Waals surface area contributed by atoms with E-state index in [1.54, 1.807) is 12.5 Å². The number of fused-ring (bicyclic) bond motifs is 1. The molecule has 0 aliphatic heterocycles. The lowest BCUT2D eigenvalue weighted by atomic mass is 10.3. The van der Waals surface area contributed by atoms with Crippen LogP contribution in [0.25, 0.3) is 11.2 Å². The van der Waals surface area contributed by atoms with E-state index in [-0.39, 0.29) is 0 Å². The second-order valence-electron chi connectivity index (χ2n) is 4.72. The van der Waals surface area contributed by atoms with Gasteiger partial charge in [0.2, 0.25) is 0 Å². The lowest BCUT2D eigenvalue weighted by molar-refractivity contribution is 0.633. The molecule has 6 nitrogen and oxygen atoms in total. The maximum absolute atomic E-state index is 5.88. The van der Waals surface area contributed by atoms with E-state index >= 15 is 0 Å². The lowest BCUT2D eigenvalue weighted by Gasteiger charge is -2.07. The first-order chi connectivity index (χ1) is 10.2. The van der Waals surface area contributed by atoms with Crippen molar-refractivity contribution in [1.29, 1.82) is 0 Å². The van der Waals surface area contributed by atoms with Crippen molar-refractivity contribution in [2.75, 3.05) is 5.88 Å². The van der Waals surface area contributed by atoms with Gasteiger partial charge < -0.3 is 9.13 Å². The molecule has 21 heavy (non-hydrogen) atoms. The summed E-state index contributed by atoms with van der Waals surface area (Å²) in [4.78, 5) is 9.10. The van der Waals surface area contributed by atoms with Crippen LogP contribution in [0.2, 0.25) is 0 Å². The van der Waals surface area contributed by atoms with E-state index in [1.165, 1.54) is 0 Å². The van der Waals surface area contributed by atoms with Gasteiger partial charge in [0.25, 0.3) is 0 Å². The van der Waals surface area contributed by atoms with Crippen LogP contribution in [-0.2, 0) is 26.4 Å². The average molecular weight is 370 g/mol. The first-order valence-corrected chi connectivity index (χ1v) is 7.91. The van der Waals surface area contributed by atoms with E-state index in [0.717, 1.165) is 40.3 Å². The molecule has 0 aliphatic carbocycles. The molecule has 8 heteroatoms. The molecule has 3 heterocycles. The highest BCUT2D eigenvalue weighted by molar-refractivity contribution is 9.10. The Morgan fingerprint density at radius 3 is 2.86 bits per heavy atom. The van der Waals surface area contributed by atoms with E-state index in [4.69, 9.17) is 11.6 Å². The molecule has 0 bridgehead atoms. The fourth-order valence-electron chi connectivity index (χ4n) is 2.29. The Bertz CT molecular complexity index is 765. The molecule has 0 radical (unpaired) electrons. The van der Waals surface area contributed by atoms with Gasteiger partial charge >= 0.3 is 0 Å². The van der Waals surface area contributed by atoms with Crippen molar-refractivity contribution < 1.29 is 0 Å². The number of imidazole rings is 1. The van der Waals surface area contributed by atoms with Gasteiger partial charge in [0.15, 0.2) is 5.65 Å². The molecule has 0 aliphatic rings. The molecule has 0 saturated carbocycles. The number of aryl methyl sites for hydroxylation is 4. The first kappa shape index (κ1) is 14.5. The normalized spacial score (nSPS) is 11.4. The summed E-state index contributed by atoms with van der Waals surface area (Å²) in [5.74, 6) is 2.42. The maximum Gasteiger partial charge on any atom is 0.160 e. The Hall–Kier alpha value is -1.47. The van der Waals surface area contributed by atoms with Crippen molar-refractivity contribution in [1.82, 2.24) is 29.3 Å². The summed E-state index contributed by atoms with van der Waals surface area (Å²) in [7, 11) is 1.94. The molecule has 110 valence electrons. The molecule has 0 saturated heterocycles. The van der Waals surface area contributed by atoms with Gasteiger partial charge in [0.05, 0.1) is 0 Å². The van der Waals surface area contributed by atoms with Crippen LogP contribution in [-0.4, -0.2) is 35.2 Å². The van der Waals surface area contributed by atoms with Crippen LogP contribution in [0.5, 0.6) is 0 Å². The molecular formula is C13H14BrClN6. The number of rotatable bonds is 5. The Morgan fingerprint density at radius 1 is 1.29 bits per heavy atom. The number of alkyl halides is 1. The average Bonchev–Trinajstić information content (AvgIpc) is 3.00. The summed E-state index contributed by atoms with van der Waals surface area (Å²) in [5.41, 5.74) is 1.75. The van der Waals surface area contributed by atoms with Gasteiger partial charge in [-0.3, -0.25) is 0 Å². The molecule has 0 spiro atoms. The Kier molecular flexibility index (Phi) is 4.21. The standard InChI is InChI=1S/C13H14BrClN6/c1-20-8-17-19-12(20)3-5-21-11(2-4-15)18-10-6-9(14)7-16-13(10)21/h6-8H,2-5H2,1H3. The van der Waals surface area contributed by atoms with Crippen molar-refractivity contribution in [3.63, 3.8) is 0 Å². The monoisotopic (exact) mass is 368 g/mol. The second kappa shape index (κ2) is 6.11. The van der Waals surface area contributed by atoms with Crippen molar-refractivity contribution in [3.8, 4) is 0 Å². The van der Waals surface area contributed by atoms with Crippen LogP contribution in [0.15, 0.2) is 23.1 Å².